The molecule has 0 saturated heterocycles. The summed E-state index contributed by atoms with van der Waals surface area (Å²) in [6, 6.07) is 8.02. The zero-order valence-corrected chi connectivity index (χ0v) is 11.1. The van der Waals surface area contributed by atoms with Gasteiger partial charge in [-0.15, -0.1) is 11.6 Å². The minimum Gasteiger partial charge on any atom is -0.122 e. The molecule has 1 aromatic carbocycles. The van der Waals surface area contributed by atoms with Crippen LogP contribution in [0.2, 0.25) is 5.02 Å². The average molecular weight is 257 g/mol. The molecule has 0 aromatic heterocycles. The summed E-state index contributed by atoms with van der Waals surface area (Å²) in [5.74, 6) is 1.43. The highest BCUT2D eigenvalue weighted by molar-refractivity contribution is 6.31. The van der Waals surface area contributed by atoms with Crippen molar-refractivity contribution in [2.45, 2.75) is 38.0 Å². The molecule has 1 fully saturated rings. The molecule has 0 radical (unpaired) electrons. The molecule has 16 heavy (non-hydrogen) atoms. The first-order valence-electron chi connectivity index (χ1n) is 6.06. The number of halogens is 2. The second-order valence-corrected chi connectivity index (χ2v) is 5.85. The fraction of sp³-hybridized carbons (Fsp3) is 0.571. The number of benzene rings is 1. The summed E-state index contributed by atoms with van der Waals surface area (Å²) in [6.07, 6.45) is 4.84. The molecule has 1 aliphatic rings. The van der Waals surface area contributed by atoms with Crippen LogP contribution in [0.15, 0.2) is 24.3 Å². The van der Waals surface area contributed by atoms with Crippen LogP contribution in [0.4, 0.5) is 0 Å². The van der Waals surface area contributed by atoms with Crippen molar-refractivity contribution in [1.29, 1.82) is 0 Å². The van der Waals surface area contributed by atoms with Crippen LogP contribution < -0.4 is 0 Å². The topological polar surface area (TPSA) is 0 Å². The van der Waals surface area contributed by atoms with Crippen LogP contribution in [-0.4, -0.2) is 5.38 Å². The predicted molar refractivity (Wildman–Crippen MR) is 71.3 cm³/mol. The van der Waals surface area contributed by atoms with Gasteiger partial charge >= 0.3 is 0 Å². The van der Waals surface area contributed by atoms with Gasteiger partial charge in [0.15, 0.2) is 0 Å². The molecule has 0 heterocycles. The highest BCUT2D eigenvalue weighted by atomic mass is 35.5. The first kappa shape index (κ1) is 12.3. The number of hydrogen-bond acceptors (Lipinski definition) is 0. The van der Waals surface area contributed by atoms with Gasteiger partial charge in [0, 0.05) is 10.4 Å². The second kappa shape index (κ2) is 5.42. The van der Waals surface area contributed by atoms with Gasteiger partial charge in [-0.25, -0.2) is 0 Å². The Hall–Kier alpha value is -0.200. The van der Waals surface area contributed by atoms with Crippen molar-refractivity contribution in [3.63, 3.8) is 0 Å². The minimum absolute atomic E-state index is 0.234. The van der Waals surface area contributed by atoms with E-state index >= 15 is 0 Å². The van der Waals surface area contributed by atoms with E-state index in [2.05, 4.69) is 13.0 Å². The summed E-state index contributed by atoms with van der Waals surface area (Å²) in [7, 11) is 0. The average Bonchev–Trinajstić information content (AvgIpc) is 2.68. The number of rotatable bonds is 3. The summed E-state index contributed by atoms with van der Waals surface area (Å²) < 4.78 is 0. The van der Waals surface area contributed by atoms with E-state index in [4.69, 9.17) is 23.2 Å². The normalized spacial score (nSPS) is 26.9. The molecular formula is C14H18Cl2. The first-order chi connectivity index (χ1) is 7.68. The Labute approximate surface area is 108 Å². The summed E-state index contributed by atoms with van der Waals surface area (Å²) in [6.45, 7) is 2.32. The van der Waals surface area contributed by atoms with Crippen molar-refractivity contribution in [3.8, 4) is 0 Å². The fourth-order valence-electron chi connectivity index (χ4n) is 2.74. The Bertz CT molecular complexity index is 348. The van der Waals surface area contributed by atoms with Crippen LogP contribution >= 0.6 is 23.2 Å². The van der Waals surface area contributed by atoms with E-state index in [-0.39, 0.29) is 5.38 Å². The van der Waals surface area contributed by atoms with Gasteiger partial charge < -0.3 is 0 Å². The van der Waals surface area contributed by atoms with E-state index in [1.54, 1.807) is 0 Å². The lowest BCUT2D eigenvalue weighted by Gasteiger charge is -2.21. The molecule has 0 spiro atoms. The molecule has 88 valence electrons. The predicted octanol–water partition coefficient (Wildman–Crippen LogP) is 4.93. The van der Waals surface area contributed by atoms with Crippen LogP contribution in [0.1, 0.15) is 31.7 Å². The number of hydrogen-bond donors (Lipinski definition) is 0. The van der Waals surface area contributed by atoms with Crippen LogP contribution in [0.3, 0.4) is 0 Å². The molecule has 3 atom stereocenters. The third-order valence-corrected chi connectivity index (χ3v) is 4.61. The van der Waals surface area contributed by atoms with Gasteiger partial charge in [-0.05, 0) is 36.3 Å². The molecular weight excluding hydrogens is 239 g/mol. The van der Waals surface area contributed by atoms with Crippen molar-refractivity contribution in [3.05, 3.63) is 34.9 Å². The van der Waals surface area contributed by atoms with Crippen LogP contribution in [0.25, 0.3) is 0 Å². The zero-order valence-electron chi connectivity index (χ0n) is 9.63. The molecule has 2 rings (SSSR count). The molecule has 1 aliphatic carbocycles. The van der Waals surface area contributed by atoms with Gasteiger partial charge in [-0.1, -0.05) is 49.6 Å². The standard InChI is InChI=1S/C14H18Cl2/c1-10-5-4-7-12(10)14(16)9-11-6-2-3-8-13(11)15/h2-3,6,8,10,12,14H,4-5,7,9H2,1H3. The molecule has 1 aromatic rings. The lowest BCUT2D eigenvalue weighted by Crippen LogP contribution is -2.19. The van der Waals surface area contributed by atoms with Crippen molar-refractivity contribution in [2.75, 3.05) is 0 Å². The van der Waals surface area contributed by atoms with Gasteiger partial charge in [0.25, 0.3) is 0 Å². The van der Waals surface area contributed by atoms with Crippen molar-refractivity contribution in [2.24, 2.45) is 11.8 Å². The van der Waals surface area contributed by atoms with Crippen molar-refractivity contribution >= 4 is 23.2 Å². The molecule has 0 aliphatic heterocycles. The fourth-order valence-corrected chi connectivity index (χ4v) is 3.49. The third kappa shape index (κ3) is 2.73. The van der Waals surface area contributed by atoms with Gasteiger partial charge in [0.2, 0.25) is 0 Å². The zero-order chi connectivity index (χ0) is 11.5. The highest BCUT2D eigenvalue weighted by Gasteiger charge is 2.29. The van der Waals surface area contributed by atoms with E-state index in [1.165, 1.54) is 24.8 Å². The van der Waals surface area contributed by atoms with Crippen molar-refractivity contribution in [1.82, 2.24) is 0 Å². The molecule has 0 bridgehead atoms. The van der Waals surface area contributed by atoms with E-state index in [0.29, 0.717) is 5.92 Å². The summed E-state index contributed by atoms with van der Waals surface area (Å²) in [4.78, 5) is 0. The Kier molecular flexibility index (Phi) is 4.16. The van der Waals surface area contributed by atoms with Crippen molar-refractivity contribution < 1.29 is 0 Å². The Morgan fingerprint density at radius 3 is 2.69 bits per heavy atom. The molecule has 0 N–H and O–H groups in total. The summed E-state index contributed by atoms with van der Waals surface area (Å²) >= 11 is 12.7. The van der Waals surface area contributed by atoms with Crippen LogP contribution in [-0.2, 0) is 6.42 Å². The maximum absolute atomic E-state index is 6.53. The molecule has 0 amide bonds. The van der Waals surface area contributed by atoms with Crippen LogP contribution in [0, 0.1) is 11.8 Å². The molecule has 2 heteroatoms. The monoisotopic (exact) mass is 256 g/mol. The molecule has 0 nitrogen and oxygen atoms in total. The maximum Gasteiger partial charge on any atom is 0.0438 e. The minimum atomic E-state index is 0.234. The van der Waals surface area contributed by atoms with Crippen LogP contribution in [0.5, 0.6) is 0 Å². The highest BCUT2D eigenvalue weighted by Crippen LogP contribution is 2.37. The smallest absolute Gasteiger partial charge is 0.0438 e. The Morgan fingerprint density at radius 2 is 2.06 bits per heavy atom. The number of alkyl halides is 1. The summed E-state index contributed by atoms with van der Waals surface area (Å²) in [5.41, 5.74) is 1.18. The molecule has 3 unspecified atom stereocenters. The lowest BCUT2D eigenvalue weighted by atomic mass is 9.91. The molecule has 1 saturated carbocycles. The van der Waals surface area contributed by atoms with Gasteiger partial charge in [0.1, 0.15) is 0 Å². The largest absolute Gasteiger partial charge is 0.122 e. The van der Waals surface area contributed by atoms with E-state index < -0.39 is 0 Å². The van der Waals surface area contributed by atoms with E-state index in [0.717, 1.165) is 17.4 Å². The quantitative estimate of drug-likeness (QED) is 0.674. The third-order valence-electron chi connectivity index (χ3n) is 3.77. The Balaban J connectivity index is 2.02. The summed E-state index contributed by atoms with van der Waals surface area (Å²) in [5, 5.41) is 1.08. The SMILES string of the molecule is CC1CCCC1C(Cl)Cc1ccccc1Cl. The first-order valence-corrected chi connectivity index (χ1v) is 6.87. The van der Waals surface area contributed by atoms with Gasteiger partial charge in [-0.3, -0.25) is 0 Å². The van der Waals surface area contributed by atoms with E-state index in [9.17, 15) is 0 Å². The van der Waals surface area contributed by atoms with Gasteiger partial charge in [0.05, 0.1) is 0 Å². The lowest BCUT2D eigenvalue weighted by molar-refractivity contribution is 0.398. The Morgan fingerprint density at radius 1 is 1.31 bits per heavy atom. The van der Waals surface area contributed by atoms with Gasteiger partial charge in [-0.2, -0.15) is 0 Å². The van der Waals surface area contributed by atoms with E-state index in [1.807, 2.05) is 18.2 Å². The maximum atomic E-state index is 6.53. The second-order valence-electron chi connectivity index (χ2n) is 4.88.